The van der Waals surface area contributed by atoms with Crippen molar-refractivity contribution in [1.82, 2.24) is 25.2 Å². The Labute approximate surface area is 336 Å². The molecule has 2 aromatic heterocycles. The average Bonchev–Trinajstić information content (AvgIpc) is 4.05. The van der Waals surface area contributed by atoms with Crippen molar-refractivity contribution in [3.05, 3.63) is 59.6 Å². The maximum absolute atomic E-state index is 14.7. The first kappa shape index (κ1) is 40.3. The first-order valence-corrected chi connectivity index (χ1v) is 21.2. The Morgan fingerprint density at radius 2 is 1.79 bits per heavy atom. The lowest BCUT2D eigenvalue weighted by atomic mass is 9.85. The van der Waals surface area contributed by atoms with Crippen molar-refractivity contribution in [2.24, 2.45) is 11.3 Å². The number of benzene rings is 2. The number of alkyl carbamates (subject to hydrolysis) is 1. The Morgan fingerprint density at radius 3 is 2.42 bits per heavy atom. The first-order valence-electron chi connectivity index (χ1n) is 19.3. The maximum Gasteiger partial charge on any atom is 0.408 e. The van der Waals surface area contributed by atoms with E-state index in [1.807, 2.05) is 37.3 Å². The number of furan rings is 1. The van der Waals surface area contributed by atoms with E-state index in [9.17, 15) is 27.6 Å². The van der Waals surface area contributed by atoms with Crippen LogP contribution < -0.4 is 20.1 Å². The van der Waals surface area contributed by atoms with E-state index in [0.717, 1.165) is 5.56 Å². The highest BCUT2D eigenvalue weighted by Gasteiger charge is 2.62. The van der Waals surface area contributed by atoms with Crippen LogP contribution in [0.4, 0.5) is 4.79 Å². The number of halogens is 1. The highest BCUT2D eigenvalue weighted by Crippen LogP contribution is 2.47. The largest absolute Gasteiger partial charge is 0.484 e. The summed E-state index contributed by atoms with van der Waals surface area (Å²) in [6.45, 7) is 10.5. The van der Waals surface area contributed by atoms with E-state index in [4.69, 9.17) is 30.5 Å². The molecule has 304 valence electrons. The number of carbonyl (C=O) groups is 4. The zero-order valence-electron chi connectivity index (χ0n) is 32.8. The van der Waals surface area contributed by atoms with Crippen LogP contribution in [0.15, 0.2) is 59.0 Å². The number of hydrogen-bond acceptors (Lipinski definition) is 10. The van der Waals surface area contributed by atoms with Crippen molar-refractivity contribution in [1.29, 1.82) is 0 Å². The fraction of sp³-hybridized carbons (Fsp3) is 0.488. The van der Waals surface area contributed by atoms with E-state index < -0.39 is 74.3 Å². The molecule has 0 bridgehead atoms. The fourth-order valence-corrected chi connectivity index (χ4v) is 9.09. The summed E-state index contributed by atoms with van der Waals surface area (Å²) in [6.07, 6.45) is -0.349. The van der Waals surface area contributed by atoms with Crippen molar-refractivity contribution in [2.45, 2.75) is 109 Å². The minimum absolute atomic E-state index is 0.00369. The quantitative estimate of drug-likeness (QED) is 0.151. The highest BCUT2D eigenvalue weighted by molar-refractivity contribution is 7.91. The van der Waals surface area contributed by atoms with E-state index in [1.54, 1.807) is 58.9 Å². The van der Waals surface area contributed by atoms with Crippen molar-refractivity contribution >= 4 is 67.5 Å². The van der Waals surface area contributed by atoms with Gasteiger partial charge in [-0.25, -0.2) is 18.2 Å². The number of amides is 4. The van der Waals surface area contributed by atoms with Gasteiger partial charge in [-0.15, -0.1) is 0 Å². The number of fused-ring (bicyclic) bond motifs is 3. The first-order chi connectivity index (χ1) is 26.9. The van der Waals surface area contributed by atoms with Crippen LogP contribution in [-0.4, -0.2) is 83.7 Å². The Balaban J connectivity index is 1.24. The van der Waals surface area contributed by atoms with Gasteiger partial charge in [-0.3, -0.25) is 19.1 Å². The van der Waals surface area contributed by atoms with Gasteiger partial charge in [0, 0.05) is 28.5 Å². The van der Waals surface area contributed by atoms with Gasteiger partial charge < -0.3 is 29.4 Å². The second-order valence-electron chi connectivity index (χ2n) is 16.6. The molecule has 0 radical (unpaired) electrons. The summed E-state index contributed by atoms with van der Waals surface area (Å²) >= 11 is 6.39. The number of rotatable bonds is 12. The number of nitrogens with one attached hydrogen (secondary N) is 3. The molecule has 7 rings (SSSR count). The molecule has 2 aliphatic carbocycles. The predicted octanol–water partition coefficient (Wildman–Crippen LogP) is 6.09. The molecular weight excluding hydrogens is 774 g/mol. The molecular formula is C41H48ClN5O9S. The molecule has 57 heavy (non-hydrogen) atoms. The summed E-state index contributed by atoms with van der Waals surface area (Å²) < 4.78 is 46.1. The molecule has 16 heteroatoms. The van der Waals surface area contributed by atoms with E-state index in [-0.39, 0.29) is 25.3 Å². The van der Waals surface area contributed by atoms with Crippen LogP contribution in [0.5, 0.6) is 5.75 Å². The monoisotopic (exact) mass is 821 g/mol. The highest BCUT2D eigenvalue weighted by atomic mass is 35.5. The van der Waals surface area contributed by atoms with Crippen LogP contribution in [0.25, 0.3) is 33.3 Å². The van der Waals surface area contributed by atoms with E-state index >= 15 is 0 Å². The number of sulfonamides is 1. The van der Waals surface area contributed by atoms with Crippen LogP contribution >= 0.6 is 11.6 Å². The SMILES string of the molecule is CCC1CC1(NC(=O)C1CC(Oc2cc(-c3ccccc3)nc3c2oc2ccc(Cl)cc23)CN1C(=O)C(NC(=O)OC(C)C)C(C)(C)C)C(=O)NS(=O)(=O)C1CC1. The Bertz CT molecular complexity index is 2340. The normalized spacial score (nSPS) is 22.7. The van der Waals surface area contributed by atoms with Crippen molar-refractivity contribution in [3.63, 3.8) is 0 Å². The minimum Gasteiger partial charge on any atom is -0.484 e. The van der Waals surface area contributed by atoms with Crippen LogP contribution in [0.1, 0.15) is 73.6 Å². The number of aromatic nitrogens is 1. The standard InChI is InChI=1S/C41H48ClN5O9S/c1-7-24-20-41(24,38(50)46-57(52,53)27-14-15-27)45-36(48)30-18-26(21-47(30)37(49)35(40(4,5)6)44-39(51)54-22(2)3)55-32-19-29(23-11-9-8-10-12-23)43-33-28-17-25(42)13-16-31(28)56-34(32)33/h8-13,16-17,19,22,24,26-27,30,35H,7,14-15,18,20-21H2,1-6H3,(H,44,51)(H,45,48)(H,46,50). The number of hydrogen-bond donors (Lipinski definition) is 3. The number of likely N-dealkylation sites (tertiary alicyclic amines) is 1. The van der Waals surface area contributed by atoms with Gasteiger partial charge in [-0.1, -0.05) is 76.0 Å². The average molecular weight is 822 g/mol. The van der Waals surface area contributed by atoms with Gasteiger partial charge in [-0.2, -0.15) is 0 Å². The third kappa shape index (κ3) is 8.27. The molecule has 0 spiro atoms. The van der Waals surface area contributed by atoms with Crippen LogP contribution in [0, 0.1) is 11.3 Å². The molecule has 4 aromatic rings. The molecule has 2 saturated carbocycles. The molecule has 1 saturated heterocycles. The number of ether oxygens (including phenoxy) is 2. The van der Waals surface area contributed by atoms with E-state index in [1.165, 1.54) is 4.90 Å². The Morgan fingerprint density at radius 1 is 1.07 bits per heavy atom. The van der Waals surface area contributed by atoms with Gasteiger partial charge in [0.15, 0.2) is 11.3 Å². The molecule has 3 fully saturated rings. The van der Waals surface area contributed by atoms with Gasteiger partial charge in [-0.05, 0) is 62.6 Å². The third-order valence-corrected chi connectivity index (χ3v) is 12.9. The lowest BCUT2D eigenvalue weighted by molar-refractivity contribution is -0.143. The predicted molar refractivity (Wildman–Crippen MR) is 214 cm³/mol. The number of carbonyl (C=O) groups excluding carboxylic acids is 4. The van der Waals surface area contributed by atoms with Gasteiger partial charge in [0.1, 0.15) is 34.8 Å². The molecule has 4 amide bonds. The molecule has 1 aliphatic heterocycles. The van der Waals surface area contributed by atoms with Crippen molar-refractivity contribution in [3.8, 4) is 17.0 Å². The summed E-state index contributed by atoms with van der Waals surface area (Å²) in [4.78, 5) is 62.0. The topological polar surface area (TPSA) is 186 Å². The third-order valence-electron chi connectivity index (χ3n) is 10.8. The van der Waals surface area contributed by atoms with Crippen LogP contribution in [-0.2, 0) is 29.1 Å². The van der Waals surface area contributed by atoms with Gasteiger partial charge in [0.2, 0.25) is 21.8 Å². The van der Waals surface area contributed by atoms with E-state index in [2.05, 4.69) is 15.4 Å². The lowest BCUT2D eigenvalue weighted by Crippen LogP contribution is -2.60. The maximum atomic E-state index is 14.7. The zero-order valence-corrected chi connectivity index (χ0v) is 34.3. The molecule has 3 aliphatic rings. The van der Waals surface area contributed by atoms with Crippen LogP contribution in [0.2, 0.25) is 5.02 Å². The summed E-state index contributed by atoms with van der Waals surface area (Å²) in [5.74, 6) is -1.99. The fourth-order valence-electron chi connectivity index (χ4n) is 7.55. The zero-order chi connectivity index (χ0) is 41.0. The Kier molecular flexibility index (Phi) is 10.7. The number of nitrogens with zero attached hydrogens (tertiary/aromatic N) is 2. The van der Waals surface area contributed by atoms with Crippen molar-refractivity contribution in [2.75, 3.05) is 6.54 Å². The molecule has 14 nitrogen and oxygen atoms in total. The molecule has 2 aromatic carbocycles. The number of pyridine rings is 1. The summed E-state index contributed by atoms with van der Waals surface area (Å²) in [5.41, 5.74) is 0.504. The summed E-state index contributed by atoms with van der Waals surface area (Å²) in [5, 5.41) is 6.11. The summed E-state index contributed by atoms with van der Waals surface area (Å²) in [6, 6.07) is 14.2. The molecule has 3 heterocycles. The molecule has 3 N–H and O–H groups in total. The molecule has 5 unspecified atom stereocenters. The lowest BCUT2D eigenvalue weighted by Gasteiger charge is -2.35. The molecule has 5 atom stereocenters. The second-order valence-corrected chi connectivity index (χ2v) is 19.0. The van der Waals surface area contributed by atoms with Gasteiger partial charge in [0.25, 0.3) is 5.91 Å². The van der Waals surface area contributed by atoms with Crippen LogP contribution in [0.3, 0.4) is 0 Å². The van der Waals surface area contributed by atoms with Gasteiger partial charge in [0.05, 0.1) is 23.6 Å². The van der Waals surface area contributed by atoms with Gasteiger partial charge >= 0.3 is 6.09 Å². The van der Waals surface area contributed by atoms with E-state index in [0.29, 0.717) is 57.8 Å². The smallest absolute Gasteiger partial charge is 0.408 e. The summed E-state index contributed by atoms with van der Waals surface area (Å²) in [7, 11) is -3.89. The van der Waals surface area contributed by atoms with Crippen molar-refractivity contribution < 1.29 is 41.5 Å². The minimum atomic E-state index is -3.89. The Hall–Kier alpha value is -4.89. The second kappa shape index (κ2) is 15.1.